The van der Waals surface area contributed by atoms with Crippen molar-refractivity contribution < 1.29 is 5.11 Å². The molecule has 1 unspecified atom stereocenters. The first-order chi connectivity index (χ1) is 11.6. The summed E-state index contributed by atoms with van der Waals surface area (Å²) in [6.07, 6.45) is 0.456. The fourth-order valence-electron chi connectivity index (χ4n) is 3.23. The van der Waals surface area contributed by atoms with E-state index in [-0.39, 0.29) is 6.10 Å². The standard InChI is InChI=1S/C18H17Cl2N3O/c19-14-4-3-5-15(20)13(14)11-23-17-7-2-1-6-16(17)21-18(23)22-9-8-12(24)10-22/h1-7,12,24H,8-11H2. The molecule has 6 heteroatoms. The van der Waals surface area contributed by atoms with Gasteiger partial charge in [0.15, 0.2) is 0 Å². The molecule has 4 rings (SSSR count). The Balaban J connectivity index is 1.83. The molecule has 2 aromatic carbocycles. The number of β-amino-alcohol motifs (C(OH)–C–C–N with tert-alkyl or cyclic N) is 1. The van der Waals surface area contributed by atoms with Crippen LogP contribution in [0.3, 0.4) is 0 Å². The first-order valence-corrected chi connectivity index (χ1v) is 8.70. The fraction of sp³-hybridized carbons (Fsp3) is 0.278. The zero-order valence-electron chi connectivity index (χ0n) is 13.0. The van der Waals surface area contributed by atoms with E-state index in [2.05, 4.69) is 9.47 Å². The molecule has 1 aliphatic rings. The van der Waals surface area contributed by atoms with Gasteiger partial charge in [-0.15, -0.1) is 0 Å². The lowest BCUT2D eigenvalue weighted by Gasteiger charge is -2.19. The zero-order chi connectivity index (χ0) is 16.7. The van der Waals surface area contributed by atoms with Crippen LogP contribution in [0.2, 0.25) is 10.0 Å². The maximum Gasteiger partial charge on any atom is 0.206 e. The number of hydrogen-bond donors (Lipinski definition) is 1. The molecular formula is C18H17Cl2N3O. The number of aliphatic hydroxyl groups excluding tert-OH is 1. The average molecular weight is 362 g/mol. The zero-order valence-corrected chi connectivity index (χ0v) is 14.5. The molecule has 1 saturated heterocycles. The third-order valence-electron chi connectivity index (χ3n) is 4.46. The molecule has 0 aliphatic carbocycles. The highest BCUT2D eigenvalue weighted by Crippen LogP contribution is 2.31. The summed E-state index contributed by atoms with van der Waals surface area (Å²) >= 11 is 12.7. The number of rotatable bonds is 3. The number of imidazole rings is 1. The van der Waals surface area contributed by atoms with Crippen LogP contribution in [0.15, 0.2) is 42.5 Å². The van der Waals surface area contributed by atoms with Gasteiger partial charge in [0.05, 0.1) is 23.7 Å². The van der Waals surface area contributed by atoms with E-state index in [1.807, 2.05) is 42.5 Å². The topological polar surface area (TPSA) is 41.3 Å². The Labute approximate surface area is 150 Å². The van der Waals surface area contributed by atoms with Gasteiger partial charge in [-0.1, -0.05) is 41.4 Å². The highest BCUT2D eigenvalue weighted by molar-refractivity contribution is 6.36. The predicted octanol–water partition coefficient (Wildman–Crippen LogP) is 3.96. The minimum atomic E-state index is -0.304. The Morgan fingerprint density at radius 2 is 1.83 bits per heavy atom. The fourth-order valence-corrected chi connectivity index (χ4v) is 3.74. The minimum Gasteiger partial charge on any atom is -0.391 e. The monoisotopic (exact) mass is 361 g/mol. The van der Waals surface area contributed by atoms with E-state index in [9.17, 15) is 5.11 Å². The quantitative estimate of drug-likeness (QED) is 0.767. The van der Waals surface area contributed by atoms with Crippen molar-refractivity contribution in [3.63, 3.8) is 0 Å². The summed E-state index contributed by atoms with van der Waals surface area (Å²) in [5.74, 6) is 0.851. The van der Waals surface area contributed by atoms with Crippen molar-refractivity contribution in [1.82, 2.24) is 9.55 Å². The van der Waals surface area contributed by atoms with Crippen molar-refractivity contribution in [3.8, 4) is 0 Å². The van der Waals surface area contributed by atoms with Gasteiger partial charge in [0.2, 0.25) is 5.95 Å². The third kappa shape index (κ3) is 2.75. The second kappa shape index (κ2) is 6.28. The Hall–Kier alpha value is -1.75. The molecule has 0 bridgehead atoms. The summed E-state index contributed by atoms with van der Waals surface area (Å²) in [5.41, 5.74) is 2.84. The molecule has 0 amide bonds. The molecule has 0 saturated carbocycles. The maximum atomic E-state index is 9.88. The molecular weight excluding hydrogens is 345 g/mol. The lowest BCUT2D eigenvalue weighted by molar-refractivity contribution is 0.198. The van der Waals surface area contributed by atoms with Gasteiger partial charge in [-0.25, -0.2) is 4.98 Å². The van der Waals surface area contributed by atoms with Crippen molar-refractivity contribution in [2.24, 2.45) is 0 Å². The van der Waals surface area contributed by atoms with Crippen molar-refractivity contribution in [2.75, 3.05) is 18.0 Å². The second-order valence-corrected chi connectivity index (χ2v) is 6.89. The Morgan fingerprint density at radius 3 is 2.54 bits per heavy atom. The van der Waals surface area contributed by atoms with Crippen molar-refractivity contribution in [3.05, 3.63) is 58.1 Å². The second-order valence-electron chi connectivity index (χ2n) is 6.08. The van der Waals surface area contributed by atoms with Crippen LogP contribution in [0, 0.1) is 0 Å². The molecule has 0 radical (unpaired) electrons. The smallest absolute Gasteiger partial charge is 0.206 e. The Morgan fingerprint density at radius 1 is 1.08 bits per heavy atom. The van der Waals surface area contributed by atoms with Crippen molar-refractivity contribution in [2.45, 2.75) is 19.1 Å². The molecule has 2 heterocycles. The van der Waals surface area contributed by atoms with Crippen LogP contribution in [-0.2, 0) is 6.54 Å². The van der Waals surface area contributed by atoms with Crippen molar-refractivity contribution in [1.29, 1.82) is 0 Å². The number of fused-ring (bicyclic) bond motifs is 1. The highest BCUT2D eigenvalue weighted by Gasteiger charge is 2.25. The van der Waals surface area contributed by atoms with E-state index >= 15 is 0 Å². The van der Waals surface area contributed by atoms with Gasteiger partial charge < -0.3 is 14.6 Å². The molecule has 4 nitrogen and oxygen atoms in total. The summed E-state index contributed by atoms with van der Waals surface area (Å²) in [6, 6.07) is 13.6. The molecule has 1 aromatic heterocycles. The summed E-state index contributed by atoms with van der Waals surface area (Å²) in [6.45, 7) is 1.93. The van der Waals surface area contributed by atoms with Gasteiger partial charge in [0.1, 0.15) is 0 Å². The molecule has 1 atom stereocenters. The van der Waals surface area contributed by atoms with Crippen LogP contribution >= 0.6 is 23.2 Å². The molecule has 0 spiro atoms. The van der Waals surface area contributed by atoms with Gasteiger partial charge in [0, 0.05) is 28.7 Å². The number of aliphatic hydroxyl groups is 1. The van der Waals surface area contributed by atoms with E-state index in [0.29, 0.717) is 23.1 Å². The van der Waals surface area contributed by atoms with Crippen LogP contribution in [0.25, 0.3) is 11.0 Å². The first kappa shape index (κ1) is 15.8. The lowest BCUT2D eigenvalue weighted by Crippen LogP contribution is -2.25. The lowest BCUT2D eigenvalue weighted by atomic mass is 10.2. The number of anilines is 1. The third-order valence-corrected chi connectivity index (χ3v) is 5.17. The summed E-state index contributed by atoms with van der Waals surface area (Å²) < 4.78 is 2.13. The van der Waals surface area contributed by atoms with Gasteiger partial charge in [-0.05, 0) is 30.7 Å². The van der Waals surface area contributed by atoms with Gasteiger partial charge in [0.25, 0.3) is 0 Å². The Bertz CT molecular complexity index is 873. The first-order valence-electron chi connectivity index (χ1n) is 7.94. The van der Waals surface area contributed by atoms with Crippen LogP contribution in [0.5, 0.6) is 0 Å². The Kier molecular flexibility index (Phi) is 4.12. The van der Waals surface area contributed by atoms with E-state index in [1.165, 1.54) is 0 Å². The largest absolute Gasteiger partial charge is 0.391 e. The number of halogens is 2. The highest BCUT2D eigenvalue weighted by atomic mass is 35.5. The van der Waals surface area contributed by atoms with Crippen LogP contribution in [-0.4, -0.2) is 33.9 Å². The van der Waals surface area contributed by atoms with Crippen LogP contribution < -0.4 is 4.90 Å². The van der Waals surface area contributed by atoms with Gasteiger partial charge in [-0.2, -0.15) is 0 Å². The maximum absolute atomic E-state index is 9.88. The number of para-hydroxylation sites is 2. The average Bonchev–Trinajstić information content (AvgIpc) is 3.15. The molecule has 1 aliphatic heterocycles. The number of hydrogen-bond acceptors (Lipinski definition) is 3. The summed E-state index contributed by atoms with van der Waals surface area (Å²) in [7, 11) is 0. The van der Waals surface area contributed by atoms with E-state index in [4.69, 9.17) is 28.2 Å². The summed E-state index contributed by atoms with van der Waals surface area (Å²) in [4.78, 5) is 6.90. The predicted molar refractivity (Wildman–Crippen MR) is 98.1 cm³/mol. The van der Waals surface area contributed by atoms with Crippen LogP contribution in [0.1, 0.15) is 12.0 Å². The molecule has 1 fully saturated rings. The van der Waals surface area contributed by atoms with Gasteiger partial charge in [-0.3, -0.25) is 0 Å². The molecule has 3 aromatic rings. The molecule has 124 valence electrons. The minimum absolute atomic E-state index is 0.304. The SMILES string of the molecule is OC1CCN(c2nc3ccccc3n2Cc2c(Cl)cccc2Cl)C1. The van der Waals surface area contributed by atoms with E-state index < -0.39 is 0 Å². The summed E-state index contributed by atoms with van der Waals surface area (Å²) in [5, 5.41) is 11.2. The molecule has 24 heavy (non-hydrogen) atoms. The van der Waals surface area contributed by atoms with E-state index in [0.717, 1.165) is 35.5 Å². The van der Waals surface area contributed by atoms with Crippen molar-refractivity contribution >= 4 is 40.2 Å². The van der Waals surface area contributed by atoms with Gasteiger partial charge >= 0.3 is 0 Å². The number of aromatic nitrogens is 2. The van der Waals surface area contributed by atoms with E-state index in [1.54, 1.807) is 0 Å². The molecule has 1 N–H and O–H groups in total. The number of nitrogens with zero attached hydrogens (tertiary/aromatic N) is 3. The number of benzene rings is 2. The van der Waals surface area contributed by atoms with Crippen LogP contribution in [0.4, 0.5) is 5.95 Å². The normalized spacial score (nSPS) is 17.8.